The first kappa shape index (κ1) is 12.1. The van der Waals surface area contributed by atoms with Gasteiger partial charge in [-0.25, -0.2) is 0 Å². The zero-order valence-corrected chi connectivity index (χ0v) is 11.8. The monoisotopic (exact) mass is 290 g/mol. The lowest BCUT2D eigenvalue weighted by atomic mass is 10.0. The van der Waals surface area contributed by atoms with Crippen LogP contribution in [0.5, 0.6) is 5.75 Å². The molecule has 0 saturated heterocycles. The van der Waals surface area contributed by atoms with E-state index in [0.717, 1.165) is 5.56 Å². The van der Waals surface area contributed by atoms with E-state index < -0.39 is 0 Å². The van der Waals surface area contributed by atoms with Crippen LogP contribution in [-0.4, -0.2) is 10.5 Å². The summed E-state index contributed by atoms with van der Waals surface area (Å²) in [5, 5.41) is 11.4. The van der Waals surface area contributed by atoms with E-state index in [1.54, 1.807) is 33.7 Å². The summed E-state index contributed by atoms with van der Waals surface area (Å²) in [5.41, 5.74) is 3.57. The molecule has 0 aliphatic carbocycles. The first-order chi connectivity index (χ1) is 8.78. The molecule has 90 valence electrons. The van der Waals surface area contributed by atoms with Gasteiger partial charge in [0.05, 0.1) is 5.25 Å². The minimum Gasteiger partial charge on any atom is -0.508 e. The Morgan fingerprint density at radius 3 is 2.50 bits per heavy atom. The smallest absolute Gasteiger partial charge is 0.115 e. The Hall–Kier alpha value is -0.970. The summed E-state index contributed by atoms with van der Waals surface area (Å²) in [6, 6.07) is 13.7. The van der Waals surface area contributed by atoms with Gasteiger partial charge in [-0.05, 0) is 46.3 Å². The summed E-state index contributed by atoms with van der Waals surface area (Å²) in [4.78, 5) is 1.30. The number of fused-ring (bicyclic) bond motifs is 1. The molecule has 2 aromatic carbocycles. The first-order valence-corrected chi connectivity index (χ1v) is 8.18. The van der Waals surface area contributed by atoms with Crippen molar-refractivity contribution < 1.29 is 5.11 Å². The summed E-state index contributed by atoms with van der Waals surface area (Å²) in [5.74, 6) is 0.294. The van der Waals surface area contributed by atoms with Crippen LogP contribution in [0.1, 0.15) is 10.8 Å². The molecule has 0 fully saturated rings. The fourth-order valence-corrected chi connectivity index (χ4v) is 5.04. The van der Waals surface area contributed by atoms with Crippen molar-refractivity contribution in [1.82, 2.24) is 0 Å². The van der Waals surface area contributed by atoms with Crippen LogP contribution in [0.3, 0.4) is 0 Å². The molecular formula is C14H10OS3. The quantitative estimate of drug-likeness (QED) is 0.629. The van der Waals surface area contributed by atoms with Gasteiger partial charge >= 0.3 is 0 Å². The maximum atomic E-state index is 9.31. The van der Waals surface area contributed by atoms with E-state index in [9.17, 15) is 5.11 Å². The lowest BCUT2D eigenvalue weighted by Crippen LogP contribution is -1.90. The van der Waals surface area contributed by atoms with Gasteiger partial charge in [0.2, 0.25) is 0 Å². The van der Waals surface area contributed by atoms with Crippen LogP contribution in [0.15, 0.2) is 47.4 Å². The maximum absolute atomic E-state index is 9.31. The molecule has 18 heavy (non-hydrogen) atoms. The first-order valence-electron chi connectivity index (χ1n) is 5.50. The molecule has 1 nitrogen and oxygen atoms in total. The van der Waals surface area contributed by atoms with Crippen LogP contribution in [0, 0.1) is 0 Å². The van der Waals surface area contributed by atoms with Gasteiger partial charge in [0.15, 0.2) is 0 Å². The van der Waals surface area contributed by atoms with Gasteiger partial charge in [0, 0.05) is 4.90 Å². The van der Waals surface area contributed by atoms with E-state index in [2.05, 4.69) is 18.2 Å². The van der Waals surface area contributed by atoms with Gasteiger partial charge in [0.1, 0.15) is 5.75 Å². The predicted octanol–water partition coefficient (Wildman–Crippen LogP) is 4.85. The maximum Gasteiger partial charge on any atom is 0.115 e. The van der Waals surface area contributed by atoms with Crippen molar-refractivity contribution in [3.05, 3.63) is 48.0 Å². The molecule has 1 aliphatic rings. The van der Waals surface area contributed by atoms with Crippen molar-refractivity contribution in [2.45, 2.75) is 10.1 Å². The van der Waals surface area contributed by atoms with Crippen molar-refractivity contribution in [2.24, 2.45) is 0 Å². The third-order valence-corrected chi connectivity index (χ3v) is 6.02. The molecule has 1 aliphatic heterocycles. The molecule has 1 heterocycles. The van der Waals surface area contributed by atoms with Crippen molar-refractivity contribution in [2.75, 3.05) is 0 Å². The zero-order chi connectivity index (χ0) is 12.5. The molecule has 1 atom stereocenters. The topological polar surface area (TPSA) is 20.2 Å². The fraction of sp³-hybridized carbons (Fsp3) is 0.0714. The van der Waals surface area contributed by atoms with Crippen LogP contribution < -0.4 is 0 Å². The highest BCUT2D eigenvalue weighted by Crippen LogP contribution is 2.52. The number of phenolic OH excluding ortho intramolecular Hbond substituents is 1. The molecule has 0 bridgehead atoms. The van der Waals surface area contributed by atoms with Crippen LogP contribution in [0.2, 0.25) is 0 Å². The molecule has 0 radical (unpaired) electrons. The Bertz CT molecular complexity index is 592. The molecule has 0 amide bonds. The zero-order valence-electron chi connectivity index (χ0n) is 9.37. The van der Waals surface area contributed by atoms with Crippen molar-refractivity contribution in [1.29, 1.82) is 0 Å². The summed E-state index contributed by atoms with van der Waals surface area (Å²) in [7, 11) is 3.58. The van der Waals surface area contributed by atoms with Gasteiger partial charge in [0.25, 0.3) is 0 Å². The van der Waals surface area contributed by atoms with E-state index in [0.29, 0.717) is 11.0 Å². The normalized spacial score (nSPS) is 17.4. The minimum absolute atomic E-state index is 0.294. The van der Waals surface area contributed by atoms with Gasteiger partial charge in [-0.3, -0.25) is 0 Å². The van der Waals surface area contributed by atoms with E-state index in [1.807, 2.05) is 17.5 Å². The average Bonchev–Trinajstić information content (AvgIpc) is 2.81. The second kappa shape index (κ2) is 4.96. The molecule has 0 saturated carbocycles. The van der Waals surface area contributed by atoms with E-state index >= 15 is 0 Å². The average molecular weight is 290 g/mol. The molecule has 1 unspecified atom stereocenters. The number of hydrogen-bond donors (Lipinski definition) is 1. The Kier molecular flexibility index (Phi) is 3.33. The van der Waals surface area contributed by atoms with Crippen molar-refractivity contribution in [3.63, 3.8) is 0 Å². The van der Waals surface area contributed by atoms with Gasteiger partial charge in [-0.2, -0.15) is 0 Å². The van der Waals surface area contributed by atoms with E-state index in [4.69, 9.17) is 12.2 Å². The van der Waals surface area contributed by atoms with E-state index in [1.165, 1.54) is 16.0 Å². The van der Waals surface area contributed by atoms with Crippen LogP contribution >= 0.6 is 33.8 Å². The largest absolute Gasteiger partial charge is 0.508 e. The number of benzene rings is 2. The van der Waals surface area contributed by atoms with E-state index in [-0.39, 0.29) is 0 Å². The van der Waals surface area contributed by atoms with Crippen LogP contribution in [0.25, 0.3) is 11.1 Å². The number of aromatic hydroxyl groups is 1. The van der Waals surface area contributed by atoms with Crippen molar-refractivity contribution in [3.8, 4) is 16.9 Å². The summed E-state index contributed by atoms with van der Waals surface area (Å²) >= 11 is 5.07. The summed E-state index contributed by atoms with van der Waals surface area (Å²) in [6.07, 6.45) is 0. The van der Waals surface area contributed by atoms with Crippen LogP contribution in [-0.2, 0) is 0 Å². The number of phenols is 1. The van der Waals surface area contributed by atoms with Crippen molar-refractivity contribution >= 4 is 39.2 Å². The highest BCUT2D eigenvalue weighted by Gasteiger charge is 2.22. The number of thiocarbonyl (C=S) groups is 1. The highest BCUT2D eigenvalue weighted by atomic mass is 33.1. The number of rotatable bonds is 2. The Balaban J connectivity index is 2.04. The van der Waals surface area contributed by atoms with Crippen LogP contribution in [0.4, 0.5) is 0 Å². The summed E-state index contributed by atoms with van der Waals surface area (Å²) in [6.45, 7) is 0. The van der Waals surface area contributed by atoms with Gasteiger partial charge in [-0.15, -0.1) is 0 Å². The predicted molar refractivity (Wildman–Crippen MR) is 83.4 cm³/mol. The molecular weight excluding hydrogens is 280 g/mol. The highest BCUT2D eigenvalue weighted by molar-refractivity contribution is 8.77. The Labute approximate surface area is 119 Å². The molecule has 3 rings (SSSR count). The standard InChI is InChI=1S/C14H10OS3/c15-11-4-1-9(2-5-11)10-3-6-13-12(7-10)14(8-16)18-17-13/h1-8,14-15H. The summed E-state index contributed by atoms with van der Waals surface area (Å²) < 4.78 is 0. The molecule has 2 aromatic rings. The second-order valence-electron chi connectivity index (χ2n) is 4.04. The third-order valence-electron chi connectivity index (χ3n) is 2.88. The lowest BCUT2D eigenvalue weighted by Gasteiger charge is -2.07. The molecule has 0 spiro atoms. The molecule has 4 heteroatoms. The second-order valence-corrected chi connectivity index (χ2v) is 6.69. The fourth-order valence-electron chi connectivity index (χ4n) is 1.93. The Morgan fingerprint density at radius 2 is 1.78 bits per heavy atom. The molecule has 0 aromatic heterocycles. The third kappa shape index (κ3) is 2.16. The SMILES string of the molecule is Oc1ccc(-c2ccc3c(c2)C(C=S)SS3)cc1. The minimum atomic E-state index is 0.294. The van der Waals surface area contributed by atoms with Gasteiger partial charge in [-0.1, -0.05) is 52.0 Å². The van der Waals surface area contributed by atoms with Gasteiger partial charge < -0.3 is 5.11 Å². The lowest BCUT2D eigenvalue weighted by molar-refractivity contribution is 0.475. The Morgan fingerprint density at radius 1 is 1.06 bits per heavy atom. The number of hydrogen-bond acceptors (Lipinski definition) is 4. The molecule has 1 N–H and O–H groups in total.